The maximum absolute atomic E-state index is 11.2. The van der Waals surface area contributed by atoms with E-state index < -0.39 is 6.03 Å². The van der Waals surface area contributed by atoms with Gasteiger partial charge in [-0.1, -0.05) is 24.3 Å². The molecule has 2 unspecified atom stereocenters. The van der Waals surface area contributed by atoms with Crippen molar-refractivity contribution in [2.45, 2.75) is 25.3 Å². The van der Waals surface area contributed by atoms with Gasteiger partial charge in [0.05, 0.1) is 0 Å². The maximum atomic E-state index is 11.2. The Morgan fingerprint density at radius 1 is 1.53 bits per heavy atom. The Morgan fingerprint density at radius 2 is 2.33 bits per heavy atom. The standard InChI is InChI=1S/C11H15N3O/c12-10-7-6-9(14(10)11(13)15)8-4-2-1-3-5-8/h1-4,8-9,12H,5-7H2,(H2,13,15). The van der Waals surface area contributed by atoms with E-state index in [9.17, 15) is 4.79 Å². The van der Waals surface area contributed by atoms with Gasteiger partial charge in [-0.05, 0) is 12.8 Å². The Balaban J connectivity index is 2.14. The van der Waals surface area contributed by atoms with Gasteiger partial charge < -0.3 is 5.73 Å². The number of urea groups is 1. The van der Waals surface area contributed by atoms with E-state index in [1.165, 1.54) is 4.90 Å². The number of carbonyl (C=O) groups excluding carboxylic acids is 1. The van der Waals surface area contributed by atoms with Gasteiger partial charge in [0.1, 0.15) is 5.84 Å². The van der Waals surface area contributed by atoms with Crippen LogP contribution in [0.2, 0.25) is 0 Å². The quantitative estimate of drug-likeness (QED) is 0.671. The summed E-state index contributed by atoms with van der Waals surface area (Å²) < 4.78 is 0. The summed E-state index contributed by atoms with van der Waals surface area (Å²) >= 11 is 0. The molecule has 1 fully saturated rings. The topological polar surface area (TPSA) is 70.2 Å². The Labute approximate surface area is 88.9 Å². The average Bonchev–Trinajstić information content (AvgIpc) is 2.61. The van der Waals surface area contributed by atoms with Crippen molar-refractivity contribution in [2.24, 2.45) is 11.7 Å². The monoisotopic (exact) mass is 205 g/mol. The minimum absolute atomic E-state index is 0.0798. The van der Waals surface area contributed by atoms with Crippen molar-refractivity contribution >= 4 is 11.9 Å². The Hall–Kier alpha value is -1.58. The lowest BCUT2D eigenvalue weighted by atomic mass is 9.91. The summed E-state index contributed by atoms with van der Waals surface area (Å²) in [4.78, 5) is 12.7. The molecule has 1 aliphatic heterocycles. The summed E-state index contributed by atoms with van der Waals surface area (Å²) in [5, 5.41) is 7.67. The highest BCUT2D eigenvalue weighted by Gasteiger charge is 2.36. The Kier molecular flexibility index (Phi) is 2.58. The number of likely N-dealkylation sites (tertiary alicyclic amines) is 1. The van der Waals surface area contributed by atoms with Crippen LogP contribution < -0.4 is 5.73 Å². The number of amides is 2. The molecule has 2 aliphatic rings. The summed E-state index contributed by atoms with van der Waals surface area (Å²) in [5.74, 6) is 0.667. The highest BCUT2D eigenvalue weighted by Crippen LogP contribution is 2.29. The van der Waals surface area contributed by atoms with E-state index in [0.29, 0.717) is 18.2 Å². The normalized spacial score (nSPS) is 29.9. The lowest BCUT2D eigenvalue weighted by Gasteiger charge is -2.28. The van der Waals surface area contributed by atoms with Crippen LogP contribution in [0.5, 0.6) is 0 Å². The number of nitrogens with one attached hydrogen (secondary N) is 1. The number of carbonyl (C=O) groups is 1. The van der Waals surface area contributed by atoms with E-state index in [1.54, 1.807) is 0 Å². The van der Waals surface area contributed by atoms with Crippen LogP contribution in [-0.4, -0.2) is 22.8 Å². The van der Waals surface area contributed by atoms with Gasteiger partial charge >= 0.3 is 6.03 Å². The van der Waals surface area contributed by atoms with Crippen LogP contribution in [-0.2, 0) is 0 Å². The van der Waals surface area contributed by atoms with Crippen LogP contribution in [0.15, 0.2) is 24.3 Å². The Morgan fingerprint density at radius 3 is 2.93 bits per heavy atom. The van der Waals surface area contributed by atoms with Crippen molar-refractivity contribution in [2.75, 3.05) is 0 Å². The van der Waals surface area contributed by atoms with Crippen molar-refractivity contribution < 1.29 is 4.79 Å². The number of nitrogens with zero attached hydrogens (tertiary/aromatic N) is 1. The molecule has 0 bridgehead atoms. The number of amidine groups is 1. The van der Waals surface area contributed by atoms with Crippen LogP contribution in [0, 0.1) is 11.3 Å². The zero-order chi connectivity index (χ0) is 10.8. The molecule has 0 spiro atoms. The van der Waals surface area contributed by atoms with Crippen LogP contribution in [0.3, 0.4) is 0 Å². The second kappa shape index (κ2) is 3.88. The van der Waals surface area contributed by atoms with Gasteiger partial charge in [0.2, 0.25) is 0 Å². The van der Waals surface area contributed by atoms with Gasteiger partial charge in [-0.25, -0.2) is 4.79 Å². The molecular formula is C11H15N3O. The number of rotatable bonds is 1. The fourth-order valence-corrected chi connectivity index (χ4v) is 2.32. The molecule has 0 radical (unpaired) electrons. The first-order chi connectivity index (χ1) is 7.20. The fraction of sp³-hybridized carbons (Fsp3) is 0.455. The molecule has 4 heteroatoms. The molecule has 80 valence electrons. The summed E-state index contributed by atoms with van der Waals surface area (Å²) in [7, 11) is 0. The third-order valence-corrected chi connectivity index (χ3v) is 3.04. The van der Waals surface area contributed by atoms with E-state index >= 15 is 0 Å². The highest BCUT2D eigenvalue weighted by atomic mass is 16.2. The molecule has 2 amide bonds. The molecule has 0 saturated carbocycles. The van der Waals surface area contributed by atoms with E-state index in [4.69, 9.17) is 11.1 Å². The molecule has 2 rings (SSSR count). The third-order valence-electron chi connectivity index (χ3n) is 3.04. The smallest absolute Gasteiger partial charge is 0.320 e. The first-order valence-electron chi connectivity index (χ1n) is 5.19. The average molecular weight is 205 g/mol. The SMILES string of the molecule is N=C1CCC(C2C=CC=CC2)N1C(N)=O. The molecule has 0 aromatic rings. The molecule has 0 aromatic carbocycles. The zero-order valence-electron chi connectivity index (χ0n) is 8.52. The first kappa shape index (κ1) is 9.96. The van der Waals surface area contributed by atoms with Crippen molar-refractivity contribution in [1.82, 2.24) is 4.90 Å². The Bertz CT molecular complexity index is 346. The van der Waals surface area contributed by atoms with E-state index in [2.05, 4.69) is 12.2 Å². The lowest BCUT2D eigenvalue weighted by molar-refractivity contribution is 0.212. The minimum Gasteiger partial charge on any atom is -0.351 e. The first-order valence-corrected chi connectivity index (χ1v) is 5.19. The van der Waals surface area contributed by atoms with Gasteiger partial charge in [-0.2, -0.15) is 0 Å². The van der Waals surface area contributed by atoms with Gasteiger partial charge in [0.15, 0.2) is 0 Å². The van der Waals surface area contributed by atoms with Crippen molar-refractivity contribution in [1.29, 1.82) is 5.41 Å². The predicted molar refractivity (Wildman–Crippen MR) is 58.6 cm³/mol. The molecular weight excluding hydrogens is 190 g/mol. The number of hydrogen-bond acceptors (Lipinski definition) is 2. The number of allylic oxidation sites excluding steroid dienone is 3. The molecule has 2 atom stereocenters. The molecule has 4 nitrogen and oxygen atoms in total. The predicted octanol–water partition coefficient (Wildman–Crippen LogP) is 1.64. The van der Waals surface area contributed by atoms with Crippen LogP contribution in [0.4, 0.5) is 4.79 Å². The van der Waals surface area contributed by atoms with E-state index in [-0.39, 0.29) is 6.04 Å². The summed E-state index contributed by atoms with van der Waals surface area (Å²) in [6.45, 7) is 0. The lowest BCUT2D eigenvalue weighted by Crippen LogP contribution is -2.45. The second-order valence-corrected chi connectivity index (χ2v) is 3.97. The summed E-state index contributed by atoms with van der Waals surface area (Å²) in [6.07, 6.45) is 10.6. The van der Waals surface area contributed by atoms with Crippen molar-refractivity contribution in [3.8, 4) is 0 Å². The zero-order valence-corrected chi connectivity index (χ0v) is 8.52. The number of nitrogens with two attached hydrogens (primary N) is 1. The largest absolute Gasteiger partial charge is 0.351 e. The maximum Gasteiger partial charge on any atom is 0.320 e. The molecule has 1 heterocycles. The fourth-order valence-electron chi connectivity index (χ4n) is 2.32. The van der Waals surface area contributed by atoms with Crippen LogP contribution in [0.25, 0.3) is 0 Å². The van der Waals surface area contributed by atoms with Crippen LogP contribution in [0.1, 0.15) is 19.3 Å². The molecule has 0 aromatic heterocycles. The van der Waals surface area contributed by atoms with Crippen molar-refractivity contribution in [3.63, 3.8) is 0 Å². The summed E-state index contributed by atoms with van der Waals surface area (Å²) in [6, 6.07) is -0.415. The molecule has 3 N–H and O–H groups in total. The van der Waals surface area contributed by atoms with Crippen LogP contribution >= 0.6 is 0 Å². The molecule has 1 saturated heterocycles. The second-order valence-electron chi connectivity index (χ2n) is 3.97. The van der Waals surface area contributed by atoms with Gasteiger partial charge in [0.25, 0.3) is 0 Å². The number of hydrogen-bond donors (Lipinski definition) is 2. The highest BCUT2D eigenvalue weighted by molar-refractivity contribution is 5.97. The van der Waals surface area contributed by atoms with Gasteiger partial charge in [0, 0.05) is 18.4 Å². The van der Waals surface area contributed by atoms with Gasteiger partial charge in [-0.15, -0.1) is 0 Å². The summed E-state index contributed by atoms with van der Waals surface area (Å²) in [5.41, 5.74) is 5.29. The van der Waals surface area contributed by atoms with E-state index in [1.807, 2.05) is 12.2 Å². The van der Waals surface area contributed by atoms with E-state index in [0.717, 1.165) is 12.8 Å². The minimum atomic E-state index is -0.495. The third kappa shape index (κ3) is 1.79. The molecule has 1 aliphatic carbocycles. The molecule has 15 heavy (non-hydrogen) atoms. The van der Waals surface area contributed by atoms with Gasteiger partial charge in [-0.3, -0.25) is 10.3 Å². The number of primary amides is 1. The van der Waals surface area contributed by atoms with Crippen molar-refractivity contribution in [3.05, 3.63) is 24.3 Å².